The van der Waals surface area contributed by atoms with Gasteiger partial charge in [-0.25, -0.2) is 5.01 Å². The van der Waals surface area contributed by atoms with E-state index in [4.69, 9.17) is 14.6 Å². The maximum atomic E-state index is 13.3. The molecule has 1 saturated heterocycles. The number of carbonyl (C=O) groups is 1. The van der Waals surface area contributed by atoms with Crippen LogP contribution in [-0.4, -0.2) is 61.5 Å². The average Bonchev–Trinajstić information content (AvgIpc) is 3.19. The first kappa shape index (κ1) is 20.6. The van der Waals surface area contributed by atoms with Gasteiger partial charge in [0.2, 0.25) is 0 Å². The molecule has 2 aliphatic rings. The molecular weight excluding hydrogens is 378 g/mol. The number of methoxy groups -OCH3 is 1. The fourth-order valence-electron chi connectivity index (χ4n) is 4.25. The Morgan fingerprint density at radius 2 is 1.93 bits per heavy atom. The molecule has 0 unspecified atom stereocenters. The summed E-state index contributed by atoms with van der Waals surface area (Å²) in [4.78, 5) is 15.4. The summed E-state index contributed by atoms with van der Waals surface area (Å²) in [5.41, 5.74) is 5.42. The van der Waals surface area contributed by atoms with E-state index in [9.17, 15) is 4.79 Å². The van der Waals surface area contributed by atoms with Crippen LogP contribution in [0.3, 0.4) is 0 Å². The van der Waals surface area contributed by atoms with E-state index >= 15 is 0 Å². The number of aryl methyl sites for hydroxylation is 2. The Bertz CT molecular complexity index is 950. The number of morpholine rings is 1. The van der Waals surface area contributed by atoms with Crippen LogP contribution in [-0.2, 0) is 9.53 Å². The molecule has 0 aromatic heterocycles. The van der Waals surface area contributed by atoms with E-state index in [0.29, 0.717) is 26.2 Å². The van der Waals surface area contributed by atoms with Crippen LogP contribution in [0.15, 0.2) is 47.6 Å². The van der Waals surface area contributed by atoms with Crippen LogP contribution in [0.4, 0.5) is 0 Å². The molecule has 0 bridgehead atoms. The molecular formula is C24H29N3O3. The van der Waals surface area contributed by atoms with Gasteiger partial charge < -0.3 is 9.47 Å². The number of amides is 1. The highest BCUT2D eigenvalue weighted by Gasteiger charge is 2.35. The van der Waals surface area contributed by atoms with Gasteiger partial charge in [0.15, 0.2) is 0 Å². The Labute approximate surface area is 178 Å². The molecule has 1 amide bonds. The van der Waals surface area contributed by atoms with Gasteiger partial charge in [-0.3, -0.25) is 9.69 Å². The van der Waals surface area contributed by atoms with Crippen molar-refractivity contribution in [3.63, 3.8) is 0 Å². The highest BCUT2D eigenvalue weighted by molar-refractivity contribution is 6.04. The number of hydrogen-bond donors (Lipinski definition) is 0. The predicted molar refractivity (Wildman–Crippen MR) is 117 cm³/mol. The van der Waals surface area contributed by atoms with Crippen LogP contribution >= 0.6 is 0 Å². The molecule has 6 heteroatoms. The summed E-state index contributed by atoms with van der Waals surface area (Å²) >= 11 is 0. The number of benzene rings is 2. The molecule has 0 N–H and O–H groups in total. The van der Waals surface area contributed by atoms with Crippen LogP contribution in [0.2, 0.25) is 0 Å². The standard InChI is InChI=1S/C24H29N3O3/c1-17-8-9-19(18(2)14-17)21-15-22(20-6-4-5-7-23(20)29-3)27(25-21)24(28)16-26-10-12-30-13-11-26/h4-9,14,22H,10-13,15-16H2,1-3H3/t22-/m0/s1. The summed E-state index contributed by atoms with van der Waals surface area (Å²) < 4.78 is 11.0. The number of rotatable bonds is 5. The van der Waals surface area contributed by atoms with Crippen LogP contribution in [0.25, 0.3) is 0 Å². The first-order valence-electron chi connectivity index (χ1n) is 10.5. The molecule has 0 radical (unpaired) electrons. The van der Waals surface area contributed by atoms with E-state index in [2.05, 4.69) is 36.9 Å². The second-order valence-electron chi connectivity index (χ2n) is 7.95. The lowest BCUT2D eigenvalue weighted by Crippen LogP contribution is -2.43. The van der Waals surface area contributed by atoms with Crippen molar-refractivity contribution in [2.45, 2.75) is 26.3 Å². The number of hydrazone groups is 1. The fourth-order valence-corrected chi connectivity index (χ4v) is 4.25. The summed E-state index contributed by atoms with van der Waals surface area (Å²) in [6.45, 7) is 7.41. The topological polar surface area (TPSA) is 54.4 Å². The molecule has 6 nitrogen and oxygen atoms in total. The third kappa shape index (κ3) is 4.25. The summed E-state index contributed by atoms with van der Waals surface area (Å²) in [6, 6.07) is 14.1. The van der Waals surface area contributed by atoms with Crippen molar-refractivity contribution in [3.8, 4) is 5.75 Å². The molecule has 4 rings (SSSR count). The molecule has 2 heterocycles. The minimum atomic E-state index is -0.176. The van der Waals surface area contributed by atoms with Gasteiger partial charge in [0.25, 0.3) is 5.91 Å². The second kappa shape index (κ2) is 8.98. The van der Waals surface area contributed by atoms with Crippen molar-refractivity contribution in [3.05, 3.63) is 64.7 Å². The van der Waals surface area contributed by atoms with E-state index in [-0.39, 0.29) is 11.9 Å². The van der Waals surface area contributed by atoms with Gasteiger partial charge in [0.1, 0.15) is 5.75 Å². The molecule has 1 atom stereocenters. The maximum absolute atomic E-state index is 13.3. The van der Waals surface area contributed by atoms with Gasteiger partial charge in [-0.05, 0) is 25.5 Å². The smallest absolute Gasteiger partial charge is 0.257 e. The number of ether oxygens (including phenoxy) is 2. The van der Waals surface area contributed by atoms with Crippen LogP contribution in [0.5, 0.6) is 5.75 Å². The van der Waals surface area contributed by atoms with Crippen molar-refractivity contribution in [1.82, 2.24) is 9.91 Å². The number of para-hydroxylation sites is 1. The minimum Gasteiger partial charge on any atom is -0.496 e. The average molecular weight is 408 g/mol. The SMILES string of the molecule is COc1ccccc1[C@@H]1CC(c2ccc(C)cc2C)=NN1C(=O)CN1CCOCC1. The van der Waals surface area contributed by atoms with Crippen LogP contribution < -0.4 is 4.74 Å². The number of carbonyl (C=O) groups excluding carboxylic acids is 1. The molecule has 0 aliphatic carbocycles. The summed E-state index contributed by atoms with van der Waals surface area (Å²) in [6.07, 6.45) is 0.666. The maximum Gasteiger partial charge on any atom is 0.257 e. The first-order chi connectivity index (χ1) is 14.6. The predicted octanol–water partition coefficient (Wildman–Crippen LogP) is 3.32. The lowest BCUT2D eigenvalue weighted by atomic mass is 9.95. The summed E-state index contributed by atoms with van der Waals surface area (Å²) in [5.74, 6) is 0.788. The first-order valence-corrected chi connectivity index (χ1v) is 10.5. The fraction of sp³-hybridized carbons (Fsp3) is 0.417. The molecule has 158 valence electrons. The summed E-state index contributed by atoms with van der Waals surface area (Å²) in [7, 11) is 1.67. The molecule has 0 saturated carbocycles. The summed E-state index contributed by atoms with van der Waals surface area (Å²) in [5, 5.41) is 6.50. The third-order valence-electron chi connectivity index (χ3n) is 5.82. The van der Waals surface area contributed by atoms with E-state index in [1.54, 1.807) is 12.1 Å². The monoisotopic (exact) mass is 407 g/mol. The normalized spacial score (nSPS) is 19.6. The van der Waals surface area contributed by atoms with Gasteiger partial charge in [-0.1, -0.05) is 42.0 Å². The van der Waals surface area contributed by atoms with E-state index < -0.39 is 0 Å². The number of nitrogens with zero attached hydrogens (tertiary/aromatic N) is 3. The zero-order valence-corrected chi connectivity index (χ0v) is 17.9. The molecule has 1 fully saturated rings. The quantitative estimate of drug-likeness (QED) is 0.763. The zero-order valence-electron chi connectivity index (χ0n) is 17.9. The van der Waals surface area contributed by atoms with Crippen molar-refractivity contribution in [1.29, 1.82) is 0 Å². The Hall–Kier alpha value is -2.70. The van der Waals surface area contributed by atoms with Gasteiger partial charge >= 0.3 is 0 Å². The van der Waals surface area contributed by atoms with Crippen LogP contribution in [0, 0.1) is 13.8 Å². The van der Waals surface area contributed by atoms with E-state index in [1.807, 2.05) is 24.3 Å². The highest BCUT2D eigenvalue weighted by atomic mass is 16.5. The Balaban J connectivity index is 1.66. The Kier molecular flexibility index (Phi) is 6.16. The highest BCUT2D eigenvalue weighted by Crippen LogP contribution is 2.38. The molecule has 0 spiro atoms. The molecule has 2 aromatic rings. The third-order valence-corrected chi connectivity index (χ3v) is 5.82. The largest absolute Gasteiger partial charge is 0.496 e. The molecule has 2 aromatic carbocycles. The van der Waals surface area contributed by atoms with Crippen molar-refractivity contribution >= 4 is 11.6 Å². The van der Waals surface area contributed by atoms with Gasteiger partial charge in [-0.15, -0.1) is 0 Å². The Morgan fingerprint density at radius 1 is 1.17 bits per heavy atom. The van der Waals surface area contributed by atoms with Crippen molar-refractivity contribution in [2.24, 2.45) is 5.10 Å². The van der Waals surface area contributed by atoms with Gasteiger partial charge in [-0.2, -0.15) is 5.10 Å². The van der Waals surface area contributed by atoms with Crippen molar-refractivity contribution < 1.29 is 14.3 Å². The van der Waals surface area contributed by atoms with Crippen molar-refractivity contribution in [2.75, 3.05) is 40.0 Å². The van der Waals surface area contributed by atoms with Crippen LogP contribution in [0.1, 0.15) is 34.7 Å². The number of hydrogen-bond acceptors (Lipinski definition) is 5. The van der Waals surface area contributed by atoms with Gasteiger partial charge in [0.05, 0.1) is 38.6 Å². The zero-order chi connectivity index (χ0) is 21.1. The van der Waals surface area contributed by atoms with Gasteiger partial charge in [0, 0.05) is 30.6 Å². The molecule has 2 aliphatic heterocycles. The minimum absolute atomic E-state index is 0.00701. The Morgan fingerprint density at radius 3 is 2.67 bits per heavy atom. The molecule has 30 heavy (non-hydrogen) atoms. The second-order valence-corrected chi connectivity index (χ2v) is 7.95. The lowest BCUT2D eigenvalue weighted by molar-refractivity contribution is -0.135. The lowest BCUT2D eigenvalue weighted by Gasteiger charge is -2.29. The van der Waals surface area contributed by atoms with E-state index in [0.717, 1.165) is 35.7 Å². The van der Waals surface area contributed by atoms with E-state index in [1.165, 1.54) is 11.1 Å².